The summed E-state index contributed by atoms with van der Waals surface area (Å²) in [5, 5.41) is 14.7. The van der Waals surface area contributed by atoms with Crippen molar-refractivity contribution in [1.82, 2.24) is 48.3 Å². The summed E-state index contributed by atoms with van der Waals surface area (Å²) < 4.78 is 50.5. The van der Waals surface area contributed by atoms with Gasteiger partial charge in [-0.2, -0.15) is 10.2 Å². The third kappa shape index (κ3) is 5.80. The van der Waals surface area contributed by atoms with Crippen molar-refractivity contribution in [1.29, 1.82) is 0 Å². The van der Waals surface area contributed by atoms with Gasteiger partial charge in [0.1, 0.15) is 22.9 Å². The van der Waals surface area contributed by atoms with Crippen LogP contribution in [0, 0.1) is 31.4 Å². The van der Waals surface area contributed by atoms with E-state index in [0.29, 0.717) is 77.5 Å². The number of benzene rings is 3. The van der Waals surface area contributed by atoms with Crippen molar-refractivity contribution in [3.8, 4) is 17.2 Å². The van der Waals surface area contributed by atoms with Gasteiger partial charge in [0.15, 0.2) is 11.6 Å². The normalized spacial score (nSPS) is 23.3. The van der Waals surface area contributed by atoms with Gasteiger partial charge in [-0.05, 0) is 131 Å². The van der Waals surface area contributed by atoms with Crippen LogP contribution < -0.4 is 11.4 Å². The van der Waals surface area contributed by atoms with E-state index in [0.717, 1.165) is 29.4 Å². The number of aryl methyl sites for hydroxylation is 3. The van der Waals surface area contributed by atoms with Crippen molar-refractivity contribution in [2.24, 2.45) is 13.0 Å². The van der Waals surface area contributed by atoms with Gasteiger partial charge in [-0.1, -0.05) is 18.1 Å². The summed E-state index contributed by atoms with van der Waals surface area (Å²) in [6.45, 7) is 10.3. The van der Waals surface area contributed by atoms with E-state index >= 15 is 13.6 Å². The summed E-state index contributed by atoms with van der Waals surface area (Å²) in [7, 11) is 1.72. The summed E-state index contributed by atoms with van der Waals surface area (Å²) >= 11 is 0. The maximum absolute atomic E-state index is 16.2. The van der Waals surface area contributed by atoms with Crippen molar-refractivity contribution in [3.63, 3.8) is 0 Å². The fourth-order valence-corrected chi connectivity index (χ4v) is 11.7. The number of fused-ring (bicyclic) bond motifs is 6. The maximum atomic E-state index is 16.2. The molecule has 338 valence electrons. The first-order valence-corrected chi connectivity index (χ1v) is 22.6. The van der Waals surface area contributed by atoms with Gasteiger partial charge >= 0.3 is 11.4 Å². The van der Waals surface area contributed by atoms with Crippen LogP contribution in [0.1, 0.15) is 109 Å². The Kier molecular flexibility index (Phi) is 8.65. The minimum Gasteiger partial charge on any atom is -0.376 e. The largest absolute Gasteiger partial charge is 0.438 e. The highest BCUT2D eigenvalue weighted by molar-refractivity contribution is 6.00. The van der Waals surface area contributed by atoms with Crippen LogP contribution in [0.3, 0.4) is 0 Å². The van der Waals surface area contributed by atoms with Crippen LogP contribution in [0.4, 0.5) is 8.78 Å². The zero-order valence-electron chi connectivity index (χ0n) is 37.4. The zero-order valence-corrected chi connectivity index (χ0v) is 37.4. The van der Waals surface area contributed by atoms with E-state index in [1.54, 1.807) is 60.7 Å². The van der Waals surface area contributed by atoms with E-state index in [9.17, 15) is 9.59 Å². The molecule has 1 amide bonds. The van der Waals surface area contributed by atoms with Crippen molar-refractivity contribution in [2.75, 3.05) is 6.61 Å². The molecule has 0 radical (unpaired) electrons. The average molecular weight is 895 g/mol. The number of ether oxygens (including phenoxy) is 1. The molecule has 15 nitrogen and oxygen atoms in total. The van der Waals surface area contributed by atoms with Crippen molar-refractivity contribution in [3.05, 3.63) is 139 Å². The SMILES string of the molecule is Cc1cc(-n2nc3c(c2-n2ccn(-c4ccc5c(cnn5C)c4F)c2=O)[C@@H]2CC[C@H](C3)N2C(=O)c2cc3cc([C@H]4CCOC(C)(C)C4)ccc3n2[C@@]2(c3noc(=O)[nH]3)C[C@@H]2C)cc(C)c1F. The molecule has 1 N–H and O–H groups in total. The molecule has 17 heteroatoms. The Morgan fingerprint density at radius 2 is 1.68 bits per heavy atom. The molecular formula is C49H48F2N10O5. The zero-order chi connectivity index (χ0) is 45.7. The molecule has 5 aromatic heterocycles. The Balaban J connectivity index is 1.02. The molecule has 3 fully saturated rings. The number of rotatable bonds is 7. The summed E-state index contributed by atoms with van der Waals surface area (Å²) in [6, 6.07) is 14.3. The highest BCUT2D eigenvalue weighted by Crippen LogP contribution is 2.57. The Bertz CT molecular complexity index is 3450. The molecule has 66 heavy (non-hydrogen) atoms. The molecule has 8 aromatic rings. The number of carbonyl (C=O) groups excluding carboxylic acids is 1. The lowest BCUT2D eigenvalue weighted by Crippen LogP contribution is -2.43. The minimum atomic E-state index is -0.847. The van der Waals surface area contributed by atoms with E-state index in [1.807, 2.05) is 11.0 Å². The van der Waals surface area contributed by atoms with E-state index < -0.39 is 28.8 Å². The van der Waals surface area contributed by atoms with E-state index in [-0.39, 0.29) is 46.3 Å². The first-order valence-electron chi connectivity index (χ1n) is 22.6. The second-order valence-corrected chi connectivity index (χ2v) is 19.5. The number of H-pyrrole nitrogens is 1. The molecule has 8 heterocycles. The second kappa shape index (κ2) is 14.1. The number of aromatic amines is 1. The van der Waals surface area contributed by atoms with E-state index in [1.165, 1.54) is 27.1 Å². The number of imidazole rings is 1. The monoisotopic (exact) mass is 894 g/mol. The van der Waals surface area contributed by atoms with Crippen LogP contribution in [-0.4, -0.2) is 72.5 Å². The summed E-state index contributed by atoms with van der Waals surface area (Å²) in [6.07, 6.45) is 8.60. The van der Waals surface area contributed by atoms with Gasteiger partial charge in [0, 0.05) is 55.0 Å². The van der Waals surface area contributed by atoms with Gasteiger partial charge in [-0.25, -0.2) is 23.1 Å². The third-order valence-corrected chi connectivity index (χ3v) is 15.0. The number of halogens is 2. The molecule has 3 aromatic carbocycles. The summed E-state index contributed by atoms with van der Waals surface area (Å²) in [5.41, 5.74) is 4.22. The molecule has 4 aliphatic rings. The predicted molar refractivity (Wildman–Crippen MR) is 240 cm³/mol. The smallest absolute Gasteiger partial charge is 0.376 e. The molecule has 12 rings (SSSR count). The van der Waals surface area contributed by atoms with Crippen LogP contribution in [-0.2, 0) is 23.7 Å². The second-order valence-electron chi connectivity index (χ2n) is 19.5. The fourth-order valence-electron chi connectivity index (χ4n) is 11.7. The Morgan fingerprint density at radius 1 is 0.924 bits per heavy atom. The van der Waals surface area contributed by atoms with Gasteiger partial charge in [0.05, 0.1) is 45.8 Å². The molecule has 2 saturated heterocycles. The first kappa shape index (κ1) is 40.6. The molecule has 5 atom stereocenters. The lowest BCUT2D eigenvalue weighted by atomic mass is 9.83. The number of nitrogens with zero attached hydrogens (tertiary/aromatic N) is 9. The topological polar surface area (TPSA) is 156 Å². The van der Waals surface area contributed by atoms with Crippen molar-refractivity contribution in [2.45, 2.75) is 102 Å². The van der Waals surface area contributed by atoms with Crippen molar-refractivity contribution < 1.29 is 22.8 Å². The quantitative estimate of drug-likeness (QED) is 0.172. The summed E-state index contributed by atoms with van der Waals surface area (Å²) in [5.74, 6) is -0.764. The molecule has 0 unspecified atom stereocenters. The molecule has 1 saturated carbocycles. The third-order valence-electron chi connectivity index (χ3n) is 15.0. The first-order chi connectivity index (χ1) is 31.6. The highest BCUT2D eigenvalue weighted by atomic mass is 19.1. The molecular weight excluding hydrogens is 847 g/mol. The minimum absolute atomic E-state index is 0.00752. The fraction of sp³-hybridized carbons (Fsp3) is 0.388. The lowest BCUT2D eigenvalue weighted by molar-refractivity contribution is -0.0592. The lowest BCUT2D eigenvalue weighted by Gasteiger charge is -2.36. The van der Waals surface area contributed by atoms with Crippen LogP contribution in [0.25, 0.3) is 39.0 Å². The Labute approximate surface area is 376 Å². The van der Waals surface area contributed by atoms with Crippen LogP contribution in [0.2, 0.25) is 0 Å². The maximum Gasteiger partial charge on any atom is 0.438 e. The summed E-state index contributed by atoms with van der Waals surface area (Å²) in [4.78, 5) is 47.8. The molecule has 3 aliphatic heterocycles. The van der Waals surface area contributed by atoms with E-state index in [4.69, 9.17) is 14.4 Å². The highest BCUT2D eigenvalue weighted by Gasteiger charge is 2.59. The molecule has 1 aliphatic carbocycles. The van der Waals surface area contributed by atoms with Crippen molar-refractivity contribution >= 4 is 27.7 Å². The standard InChI is InChI=1S/C49H48F2N10O5/c1-25-17-32(18-26(2)41(25)50)61-43(58-15-14-57(47(58)64)38-12-11-36-33(42(38)51)24-52-56(36)6)40-34(54-61)21-31-8-10-37(40)59(31)44(62)39-20-30-19-28(29-13-16-65-48(4,5)23-29)7-9-35(30)60(39)49(22-27(49)3)45-53-46(63)66-55-45/h7,9,11-12,14-15,17-20,24,27,29,31,37H,8,10,13,16,21-23H2,1-6H3,(H,53,55,63)/t27-,29-,31+,37-,49-/m0/s1. The Morgan fingerprint density at radius 3 is 2.41 bits per heavy atom. The number of hydrogen-bond acceptors (Lipinski definition) is 8. The molecule has 0 spiro atoms. The van der Waals surface area contributed by atoms with Gasteiger partial charge in [0.2, 0.25) is 0 Å². The number of aromatic nitrogens is 9. The number of carbonyl (C=O) groups is 1. The van der Waals surface area contributed by atoms with Gasteiger partial charge in [-0.3, -0.25) is 28.1 Å². The number of nitrogens with one attached hydrogen (secondary N) is 1. The van der Waals surface area contributed by atoms with Gasteiger partial charge in [-0.15, -0.1) is 0 Å². The number of amides is 1. The average Bonchev–Trinajstić information content (AvgIpc) is 3.99. The van der Waals surface area contributed by atoms with Crippen LogP contribution in [0.15, 0.2) is 81.2 Å². The van der Waals surface area contributed by atoms with E-state index in [2.05, 4.69) is 58.8 Å². The Hall–Kier alpha value is -6.88. The van der Waals surface area contributed by atoms with Gasteiger partial charge < -0.3 is 14.2 Å². The molecule has 2 bridgehead atoms. The van der Waals surface area contributed by atoms with Crippen LogP contribution in [0.5, 0.6) is 0 Å². The predicted octanol–water partition coefficient (Wildman–Crippen LogP) is 7.58. The van der Waals surface area contributed by atoms with Gasteiger partial charge in [0.25, 0.3) is 5.91 Å². The van der Waals surface area contributed by atoms with Crippen LogP contribution >= 0.6 is 0 Å². The number of hydrogen-bond donors (Lipinski definition) is 1.